The Hall–Kier alpha value is -0.690. The smallest absolute Gasteiger partial charge is 0.0640 e. The van der Waals surface area contributed by atoms with E-state index in [1.54, 1.807) is 0 Å². The van der Waals surface area contributed by atoms with Crippen molar-refractivity contribution in [3.05, 3.63) is 28.8 Å². The van der Waals surface area contributed by atoms with E-state index in [2.05, 4.69) is 32.2 Å². The summed E-state index contributed by atoms with van der Waals surface area (Å²) in [6, 6.07) is 6.66. The van der Waals surface area contributed by atoms with Crippen molar-refractivity contribution in [3.63, 3.8) is 0 Å². The molecule has 1 aromatic rings. The zero-order valence-corrected chi connectivity index (χ0v) is 11.7. The van der Waals surface area contributed by atoms with Crippen LogP contribution in [0.3, 0.4) is 0 Å². The van der Waals surface area contributed by atoms with Gasteiger partial charge in [0.25, 0.3) is 0 Å². The highest BCUT2D eigenvalue weighted by Crippen LogP contribution is 2.33. The number of aryl methyl sites for hydroxylation is 1. The van der Waals surface area contributed by atoms with Gasteiger partial charge >= 0.3 is 0 Å². The van der Waals surface area contributed by atoms with E-state index in [-0.39, 0.29) is 0 Å². The molecule has 3 unspecified atom stereocenters. The second-order valence-electron chi connectivity index (χ2n) is 5.58. The van der Waals surface area contributed by atoms with E-state index in [4.69, 9.17) is 11.6 Å². The lowest BCUT2D eigenvalue weighted by atomic mass is 9.80. The van der Waals surface area contributed by atoms with Crippen LogP contribution in [0.25, 0.3) is 0 Å². The largest absolute Gasteiger partial charge is 0.381 e. The first-order valence-electron chi connectivity index (χ1n) is 6.59. The van der Waals surface area contributed by atoms with Crippen molar-refractivity contribution in [2.45, 2.75) is 46.1 Å². The molecule has 1 aliphatic rings. The molecule has 0 bridgehead atoms. The van der Waals surface area contributed by atoms with Gasteiger partial charge < -0.3 is 5.32 Å². The molecule has 1 N–H and O–H groups in total. The summed E-state index contributed by atoms with van der Waals surface area (Å²) in [5.41, 5.74) is 2.36. The van der Waals surface area contributed by atoms with Crippen LogP contribution in [0.2, 0.25) is 5.02 Å². The maximum absolute atomic E-state index is 6.27. The number of halogens is 1. The Bertz CT molecular complexity index is 368. The Morgan fingerprint density at radius 3 is 2.71 bits per heavy atom. The fraction of sp³-hybridized carbons (Fsp3) is 0.600. The van der Waals surface area contributed by atoms with Gasteiger partial charge in [-0.15, -0.1) is 0 Å². The zero-order chi connectivity index (χ0) is 12.4. The summed E-state index contributed by atoms with van der Waals surface area (Å²) in [5, 5.41) is 4.51. The van der Waals surface area contributed by atoms with Gasteiger partial charge in [0, 0.05) is 6.04 Å². The van der Waals surface area contributed by atoms with E-state index >= 15 is 0 Å². The monoisotopic (exact) mass is 251 g/mol. The average molecular weight is 252 g/mol. The molecule has 3 atom stereocenters. The highest BCUT2D eigenvalue weighted by Gasteiger charge is 2.25. The number of hydrogen-bond donors (Lipinski definition) is 1. The van der Waals surface area contributed by atoms with Crippen molar-refractivity contribution in [1.82, 2.24) is 0 Å². The van der Waals surface area contributed by atoms with Gasteiger partial charge in [0.15, 0.2) is 0 Å². The predicted octanol–water partition coefficient (Wildman–Crippen LogP) is 4.89. The van der Waals surface area contributed by atoms with Gasteiger partial charge in [-0.2, -0.15) is 0 Å². The minimum atomic E-state index is 0.567. The van der Waals surface area contributed by atoms with Crippen LogP contribution in [-0.2, 0) is 0 Å². The Kier molecular flexibility index (Phi) is 3.98. The molecule has 0 aromatic heterocycles. The van der Waals surface area contributed by atoms with Gasteiger partial charge in [-0.25, -0.2) is 0 Å². The lowest BCUT2D eigenvalue weighted by molar-refractivity contribution is 0.280. The van der Waals surface area contributed by atoms with E-state index in [9.17, 15) is 0 Å². The maximum atomic E-state index is 6.27. The number of para-hydroxylation sites is 1. The minimum Gasteiger partial charge on any atom is -0.381 e. The predicted molar refractivity (Wildman–Crippen MR) is 75.8 cm³/mol. The summed E-state index contributed by atoms with van der Waals surface area (Å²) in [4.78, 5) is 0. The fourth-order valence-corrected chi connectivity index (χ4v) is 3.01. The number of rotatable bonds is 2. The molecule has 2 heteroatoms. The highest BCUT2D eigenvalue weighted by molar-refractivity contribution is 6.33. The third-order valence-electron chi connectivity index (χ3n) is 4.01. The summed E-state index contributed by atoms with van der Waals surface area (Å²) in [7, 11) is 0. The number of anilines is 1. The van der Waals surface area contributed by atoms with Crippen LogP contribution in [-0.4, -0.2) is 6.04 Å². The van der Waals surface area contributed by atoms with E-state index in [1.807, 2.05) is 12.1 Å². The summed E-state index contributed by atoms with van der Waals surface area (Å²) in [6.07, 6.45) is 3.94. The fourth-order valence-electron chi connectivity index (χ4n) is 2.73. The van der Waals surface area contributed by atoms with Crippen LogP contribution in [0.4, 0.5) is 5.69 Å². The lowest BCUT2D eigenvalue weighted by Gasteiger charge is -2.34. The summed E-state index contributed by atoms with van der Waals surface area (Å²) < 4.78 is 0. The molecule has 1 saturated carbocycles. The first-order valence-corrected chi connectivity index (χ1v) is 6.97. The SMILES string of the molecule is Cc1cccc(Cl)c1NC1CC(C)CCC1C. The lowest BCUT2D eigenvalue weighted by Crippen LogP contribution is -2.33. The number of hydrogen-bond acceptors (Lipinski definition) is 1. The molecule has 0 heterocycles. The standard InChI is InChI=1S/C15H22ClN/c1-10-7-8-11(2)14(9-10)17-15-12(3)5-4-6-13(15)16/h4-6,10-11,14,17H,7-9H2,1-3H3. The molecule has 0 spiro atoms. The summed E-state index contributed by atoms with van der Waals surface area (Å²) in [6.45, 7) is 6.81. The minimum absolute atomic E-state index is 0.567. The van der Waals surface area contributed by atoms with Crippen molar-refractivity contribution in [2.75, 3.05) is 5.32 Å². The highest BCUT2D eigenvalue weighted by atomic mass is 35.5. The van der Waals surface area contributed by atoms with Gasteiger partial charge in [0.1, 0.15) is 0 Å². The van der Waals surface area contributed by atoms with Crippen molar-refractivity contribution >= 4 is 17.3 Å². The molecule has 0 radical (unpaired) electrons. The van der Waals surface area contributed by atoms with Crippen molar-refractivity contribution in [2.24, 2.45) is 11.8 Å². The molecule has 94 valence electrons. The zero-order valence-electron chi connectivity index (χ0n) is 11.0. The van der Waals surface area contributed by atoms with Crippen LogP contribution < -0.4 is 5.32 Å². The second-order valence-corrected chi connectivity index (χ2v) is 5.99. The van der Waals surface area contributed by atoms with Crippen LogP contribution >= 0.6 is 11.6 Å². The van der Waals surface area contributed by atoms with Crippen LogP contribution in [0.5, 0.6) is 0 Å². The van der Waals surface area contributed by atoms with Gasteiger partial charge in [-0.05, 0) is 43.2 Å². The molecule has 1 aliphatic carbocycles. The topological polar surface area (TPSA) is 12.0 Å². The van der Waals surface area contributed by atoms with E-state index in [0.29, 0.717) is 6.04 Å². The quantitative estimate of drug-likeness (QED) is 0.790. The van der Waals surface area contributed by atoms with E-state index < -0.39 is 0 Å². The van der Waals surface area contributed by atoms with Gasteiger partial charge in [0.05, 0.1) is 10.7 Å². The molecular weight excluding hydrogens is 230 g/mol. The normalized spacial score (nSPS) is 29.1. The van der Waals surface area contributed by atoms with Crippen LogP contribution in [0, 0.1) is 18.8 Å². The Morgan fingerprint density at radius 2 is 2.00 bits per heavy atom. The molecular formula is C15H22ClN. The molecule has 1 fully saturated rings. The van der Waals surface area contributed by atoms with E-state index in [0.717, 1.165) is 22.5 Å². The molecule has 17 heavy (non-hydrogen) atoms. The Labute approximate surface area is 110 Å². The first kappa shape index (κ1) is 12.8. The van der Waals surface area contributed by atoms with Crippen molar-refractivity contribution in [3.8, 4) is 0 Å². The third kappa shape index (κ3) is 2.95. The van der Waals surface area contributed by atoms with Crippen LogP contribution in [0.15, 0.2) is 18.2 Å². The van der Waals surface area contributed by atoms with Crippen molar-refractivity contribution < 1.29 is 0 Å². The molecule has 1 nitrogen and oxygen atoms in total. The molecule has 0 amide bonds. The molecule has 1 aromatic carbocycles. The van der Waals surface area contributed by atoms with Crippen LogP contribution in [0.1, 0.15) is 38.7 Å². The molecule has 0 aliphatic heterocycles. The maximum Gasteiger partial charge on any atom is 0.0640 e. The Morgan fingerprint density at radius 1 is 1.24 bits per heavy atom. The number of nitrogens with one attached hydrogen (secondary N) is 1. The Balaban J connectivity index is 2.14. The second kappa shape index (κ2) is 5.30. The van der Waals surface area contributed by atoms with E-state index in [1.165, 1.54) is 24.8 Å². The average Bonchev–Trinajstić information content (AvgIpc) is 2.28. The first-order chi connectivity index (χ1) is 8.08. The van der Waals surface area contributed by atoms with Crippen molar-refractivity contribution in [1.29, 1.82) is 0 Å². The number of benzene rings is 1. The van der Waals surface area contributed by atoms with Gasteiger partial charge in [-0.3, -0.25) is 0 Å². The van der Waals surface area contributed by atoms with Gasteiger partial charge in [-0.1, -0.05) is 44.0 Å². The van der Waals surface area contributed by atoms with Gasteiger partial charge in [0.2, 0.25) is 0 Å². The molecule has 0 saturated heterocycles. The summed E-state index contributed by atoms with van der Waals surface area (Å²) in [5.74, 6) is 1.56. The summed E-state index contributed by atoms with van der Waals surface area (Å²) >= 11 is 6.27. The third-order valence-corrected chi connectivity index (χ3v) is 4.32. The molecule has 2 rings (SSSR count).